The third kappa shape index (κ3) is 6.55. The van der Waals surface area contributed by atoms with Crippen LogP contribution < -0.4 is 10.6 Å². The van der Waals surface area contributed by atoms with Gasteiger partial charge in [0.2, 0.25) is 0 Å². The molecule has 0 radical (unpaired) electrons. The summed E-state index contributed by atoms with van der Waals surface area (Å²) in [6.07, 6.45) is 0. The zero-order valence-electron chi connectivity index (χ0n) is 16.1. The van der Waals surface area contributed by atoms with Crippen LogP contribution in [0.2, 0.25) is 0 Å². The van der Waals surface area contributed by atoms with Crippen LogP contribution in [-0.4, -0.2) is 63.4 Å². The minimum atomic E-state index is -0.246. The van der Waals surface area contributed by atoms with Crippen LogP contribution in [0.5, 0.6) is 0 Å². The Morgan fingerprint density at radius 3 is 2.81 bits per heavy atom. The van der Waals surface area contributed by atoms with Crippen molar-refractivity contribution in [2.45, 2.75) is 33.0 Å². The largest absolute Gasteiger partial charge is 0.380 e. The number of halogens is 1. The van der Waals surface area contributed by atoms with Crippen molar-refractivity contribution >= 4 is 5.96 Å². The van der Waals surface area contributed by atoms with Gasteiger partial charge in [-0.2, -0.15) is 0 Å². The highest BCUT2D eigenvalue weighted by molar-refractivity contribution is 5.79. The third-order valence-corrected chi connectivity index (χ3v) is 4.41. The van der Waals surface area contributed by atoms with E-state index in [1.807, 2.05) is 13.0 Å². The normalized spacial score (nSPS) is 17.2. The van der Waals surface area contributed by atoms with Gasteiger partial charge in [0.05, 0.1) is 26.4 Å². The fourth-order valence-corrected chi connectivity index (χ4v) is 2.90. The topological polar surface area (TPSA) is 58.1 Å². The Morgan fingerprint density at radius 1 is 1.35 bits per heavy atom. The second kappa shape index (κ2) is 11.1. The quantitative estimate of drug-likeness (QED) is 0.542. The van der Waals surface area contributed by atoms with Gasteiger partial charge in [-0.15, -0.1) is 0 Å². The highest BCUT2D eigenvalue weighted by Crippen LogP contribution is 2.12. The van der Waals surface area contributed by atoms with E-state index < -0.39 is 0 Å². The third-order valence-electron chi connectivity index (χ3n) is 4.41. The summed E-state index contributed by atoms with van der Waals surface area (Å²) in [5.41, 5.74) is 1.51. The molecule has 1 aliphatic rings. The average Bonchev–Trinajstić information content (AvgIpc) is 2.67. The Morgan fingerprint density at radius 2 is 2.12 bits per heavy atom. The van der Waals surface area contributed by atoms with E-state index in [9.17, 15) is 4.39 Å². The maximum atomic E-state index is 13.7. The molecular weight excluding hydrogens is 335 g/mol. The summed E-state index contributed by atoms with van der Waals surface area (Å²) in [7, 11) is 1.56. The Kier molecular flexibility index (Phi) is 8.80. The molecule has 2 N–H and O–H groups in total. The molecule has 7 heteroatoms. The highest BCUT2D eigenvalue weighted by Gasteiger charge is 2.17. The van der Waals surface area contributed by atoms with E-state index in [2.05, 4.69) is 27.4 Å². The molecule has 0 saturated carbocycles. The van der Waals surface area contributed by atoms with Gasteiger partial charge in [0, 0.05) is 44.9 Å². The molecule has 1 aliphatic heterocycles. The summed E-state index contributed by atoms with van der Waals surface area (Å²) in [4.78, 5) is 7.03. The summed E-state index contributed by atoms with van der Waals surface area (Å²) >= 11 is 0. The minimum Gasteiger partial charge on any atom is -0.380 e. The smallest absolute Gasteiger partial charge is 0.191 e. The molecular formula is C19H31FN4O2. The number of hydrogen-bond donors (Lipinski definition) is 2. The van der Waals surface area contributed by atoms with Gasteiger partial charge < -0.3 is 20.1 Å². The van der Waals surface area contributed by atoms with Crippen LogP contribution in [0.25, 0.3) is 0 Å². The fraction of sp³-hybridized carbons (Fsp3) is 0.632. The van der Waals surface area contributed by atoms with Gasteiger partial charge in [-0.05, 0) is 31.5 Å². The number of methoxy groups -OCH3 is 1. The lowest BCUT2D eigenvalue weighted by atomic mass is 10.1. The molecule has 1 aromatic carbocycles. The zero-order valence-corrected chi connectivity index (χ0v) is 16.1. The summed E-state index contributed by atoms with van der Waals surface area (Å²) < 4.78 is 24.1. The van der Waals surface area contributed by atoms with Gasteiger partial charge in [-0.3, -0.25) is 4.90 Å². The lowest BCUT2D eigenvalue weighted by Gasteiger charge is -2.32. The van der Waals surface area contributed by atoms with E-state index in [1.54, 1.807) is 13.2 Å². The Bertz CT molecular complexity index is 577. The highest BCUT2D eigenvalue weighted by atomic mass is 19.1. The summed E-state index contributed by atoms with van der Waals surface area (Å²) in [6, 6.07) is 5.45. The first kappa shape index (κ1) is 20.6. The van der Waals surface area contributed by atoms with Crippen LogP contribution in [0.3, 0.4) is 0 Å². The number of guanidine groups is 1. The molecule has 1 aromatic rings. The zero-order chi connectivity index (χ0) is 18.8. The molecule has 1 atom stereocenters. The van der Waals surface area contributed by atoms with E-state index in [4.69, 9.17) is 9.47 Å². The average molecular weight is 366 g/mol. The molecule has 1 unspecified atom stereocenters. The van der Waals surface area contributed by atoms with Crippen molar-refractivity contribution in [2.75, 3.05) is 46.5 Å². The monoisotopic (exact) mass is 366 g/mol. The molecule has 0 bridgehead atoms. The molecule has 26 heavy (non-hydrogen) atoms. The van der Waals surface area contributed by atoms with Gasteiger partial charge in [-0.25, -0.2) is 9.38 Å². The van der Waals surface area contributed by atoms with Crippen LogP contribution in [0.4, 0.5) is 4.39 Å². The molecule has 146 valence electrons. The number of benzene rings is 1. The first-order chi connectivity index (χ1) is 12.6. The van der Waals surface area contributed by atoms with E-state index >= 15 is 0 Å². The SMILES string of the molecule is CCNC(=NCc1ccc(F)c(COC)c1)NCC(C)N1CCOCC1. The number of hydrogen-bond acceptors (Lipinski definition) is 4. The minimum absolute atomic E-state index is 0.246. The van der Waals surface area contributed by atoms with Gasteiger partial charge in [0.15, 0.2) is 5.96 Å². The molecule has 6 nitrogen and oxygen atoms in total. The van der Waals surface area contributed by atoms with Crippen molar-refractivity contribution in [2.24, 2.45) is 4.99 Å². The van der Waals surface area contributed by atoms with Crippen LogP contribution in [0, 0.1) is 5.82 Å². The Labute approximate surface area is 155 Å². The summed E-state index contributed by atoms with van der Waals surface area (Å²) in [5, 5.41) is 6.66. The van der Waals surface area contributed by atoms with Crippen molar-refractivity contribution in [3.63, 3.8) is 0 Å². The second-order valence-electron chi connectivity index (χ2n) is 6.43. The Hall–Kier alpha value is -1.70. The molecule has 1 heterocycles. The first-order valence-electron chi connectivity index (χ1n) is 9.24. The molecule has 0 spiro atoms. The van der Waals surface area contributed by atoms with Crippen molar-refractivity contribution < 1.29 is 13.9 Å². The van der Waals surface area contributed by atoms with Gasteiger partial charge in [0.25, 0.3) is 0 Å². The second-order valence-corrected chi connectivity index (χ2v) is 6.43. The lowest BCUT2D eigenvalue weighted by molar-refractivity contribution is 0.0211. The van der Waals surface area contributed by atoms with Crippen molar-refractivity contribution in [3.8, 4) is 0 Å². The summed E-state index contributed by atoms with van der Waals surface area (Å²) in [5.74, 6) is 0.522. The maximum absolute atomic E-state index is 13.7. The predicted molar refractivity (Wildman–Crippen MR) is 102 cm³/mol. The number of aliphatic imine (C=N–C) groups is 1. The van der Waals surface area contributed by atoms with E-state index in [0.29, 0.717) is 18.2 Å². The van der Waals surface area contributed by atoms with Crippen LogP contribution in [0.15, 0.2) is 23.2 Å². The van der Waals surface area contributed by atoms with Gasteiger partial charge in [-0.1, -0.05) is 6.07 Å². The van der Waals surface area contributed by atoms with Gasteiger partial charge >= 0.3 is 0 Å². The molecule has 2 rings (SSSR count). The van der Waals surface area contributed by atoms with Crippen LogP contribution >= 0.6 is 0 Å². The van der Waals surface area contributed by atoms with E-state index in [-0.39, 0.29) is 12.4 Å². The standard InChI is InChI=1S/C19H31FN4O2/c1-4-21-19(22-12-15(2)24-7-9-26-10-8-24)23-13-16-5-6-18(20)17(11-16)14-25-3/h5-6,11,15H,4,7-10,12-14H2,1-3H3,(H2,21,22,23). The number of nitrogens with zero attached hydrogens (tertiary/aromatic N) is 2. The molecule has 0 aliphatic carbocycles. The van der Waals surface area contributed by atoms with Crippen LogP contribution in [0.1, 0.15) is 25.0 Å². The van der Waals surface area contributed by atoms with E-state index in [0.717, 1.165) is 50.9 Å². The first-order valence-corrected chi connectivity index (χ1v) is 9.24. The number of rotatable bonds is 8. The molecule has 0 amide bonds. The summed E-state index contributed by atoms with van der Waals surface area (Å²) in [6.45, 7) is 10.1. The lowest BCUT2D eigenvalue weighted by Crippen LogP contribution is -2.49. The van der Waals surface area contributed by atoms with Crippen molar-refractivity contribution in [3.05, 3.63) is 35.1 Å². The number of ether oxygens (including phenoxy) is 2. The number of nitrogens with one attached hydrogen (secondary N) is 2. The predicted octanol–water partition coefficient (Wildman–Crippen LogP) is 1.75. The number of morpholine rings is 1. The molecule has 0 aromatic heterocycles. The Balaban J connectivity index is 1.92. The maximum Gasteiger partial charge on any atom is 0.191 e. The molecule has 1 saturated heterocycles. The van der Waals surface area contributed by atoms with Crippen molar-refractivity contribution in [1.29, 1.82) is 0 Å². The van der Waals surface area contributed by atoms with E-state index in [1.165, 1.54) is 6.07 Å². The van der Waals surface area contributed by atoms with Gasteiger partial charge in [0.1, 0.15) is 5.82 Å². The fourth-order valence-electron chi connectivity index (χ4n) is 2.90. The van der Waals surface area contributed by atoms with Crippen LogP contribution in [-0.2, 0) is 22.6 Å². The molecule has 1 fully saturated rings. The van der Waals surface area contributed by atoms with Crippen molar-refractivity contribution in [1.82, 2.24) is 15.5 Å².